The van der Waals surface area contributed by atoms with E-state index in [9.17, 15) is 0 Å². The fraction of sp³-hybridized carbons (Fsp3) is 0.846. The average Bonchev–Trinajstić information content (AvgIpc) is 2.18. The number of nitrogens with two attached hydrogens (primary N) is 1. The third-order valence-electron chi connectivity index (χ3n) is 2.54. The number of rotatable bonds is 8. The van der Waals surface area contributed by atoms with Crippen LogP contribution in [-0.4, -0.2) is 31.1 Å². The van der Waals surface area contributed by atoms with Gasteiger partial charge in [-0.05, 0) is 37.9 Å². The molecule has 0 rings (SSSR count). The van der Waals surface area contributed by atoms with Crippen LogP contribution in [0.5, 0.6) is 0 Å². The van der Waals surface area contributed by atoms with Gasteiger partial charge in [-0.3, -0.25) is 0 Å². The second-order valence-corrected chi connectivity index (χ2v) is 4.95. The molecule has 0 unspecified atom stereocenters. The van der Waals surface area contributed by atoms with Crippen LogP contribution in [0.3, 0.4) is 0 Å². The van der Waals surface area contributed by atoms with Crippen LogP contribution in [0.15, 0.2) is 0 Å². The normalized spacial score (nSPS) is 11.7. The second-order valence-electron chi connectivity index (χ2n) is 4.95. The van der Waals surface area contributed by atoms with Gasteiger partial charge in [-0.2, -0.15) is 0 Å². The molecule has 0 heterocycles. The summed E-state index contributed by atoms with van der Waals surface area (Å²) in [6.45, 7) is 10.7. The van der Waals surface area contributed by atoms with Crippen molar-refractivity contribution >= 4 is 0 Å². The third kappa shape index (κ3) is 7.41. The summed E-state index contributed by atoms with van der Waals surface area (Å²) in [5.74, 6) is 2.69. The van der Waals surface area contributed by atoms with Crippen LogP contribution in [0.25, 0.3) is 0 Å². The van der Waals surface area contributed by atoms with Gasteiger partial charge < -0.3 is 10.6 Å². The van der Waals surface area contributed by atoms with E-state index in [2.05, 4.69) is 31.6 Å². The summed E-state index contributed by atoms with van der Waals surface area (Å²) in [6.07, 6.45) is 8.42. The summed E-state index contributed by atoms with van der Waals surface area (Å²) in [7, 11) is 0. The summed E-state index contributed by atoms with van der Waals surface area (Å²) in [6, 6.07) is 0. The van der Waals surface area contributed by atoms with Gasteiger partial charge in [0.15, 0.2) is 0 Å². The van der Waals surface area contributed by atoms with Gasteiger partial charge in [0.05, 0.1) is 0 Å². The monoisotopic (exact) mass is 210 g/mol. The third-order valence-corrected chi connectivity index (χ3v) is 2.54. The fourth-order valence-corrected chi connectivity index (χ4v) is 1.66. The highest BCUT2D eigenvalue weighted by molar-refractivity contribution is 4.84. The van der Waals surface area contributed by atoms with Gasteiger partial charge in [0, 0.05) is 13.0 Å². The van der Waals surface area contributed by atoms with E-state index < -0.39 is 0 Å². The molecule has 0 aliphatic rings. The summed E-state index contributed by atoms with van der Waals surface area (Å²) < 4.78 is 0. The number of terminal acetylenes is 1. The molecular formula is C13H26N2. The molecular weight excluding hydrogens is 184 g/mol. The number of nitrogens with zero attached hydrogens (tertiary/aromatic N) is 1. The van der Waals surface area contributed by atoms with Crippen LogP contribution in [0.4, 0.5) is 0 Å². The maximum absolute atomic E-state index is 5.75. The molecule has 2 heteroatoms. The summed E-state index contributed by atoms with van der Waals surface area (Å²) in [5.41, 5.74) is 5.96. The molecule has 0 bridgehead atoms. The van der Waals surface area contributed by atoms with Crippen molar-refractivity contribution in [3.05, 3.63) is 0 Å². The molecule has 0 atom stereocenters. The Labute approximate surface area is 95.2 Å². The molecule has 15 heavy (non-hydrogen) atoms. The standard InChI is InChI=1S/C13H26N2/c1-5-7-8-10-15(9-6-2)12-13(3,4)11-14/h1H,6-12,14H2,2-4H3. The Bertz CT molecular complexity index is 191. The lowest BCUT2D eigenvalue weighted by Gasteiger charge is -2.31. The van der Waals surface area contributed by atoms with Crippen molar-refractivity contribution in [1.29, 1.82) is 0 Å². The van der Waals surface area contributed by atoms with Crippen molar-refractivity contribution < 1.29 is 0 Å². The van der Waals surface area contributed by atoms with Crippen LogP contribution >= 0.6 is 0 Å². The Hall–Kier alpha value is -0.520. The Morgan fingerprint density at radius 1 is 1.33 bits per heavy atom. The van der Waals surface area contributed by atoms with Crippen LogP contribution in [0.2, 0.25) is 0 Å². The summed E-state index contributed by atoms with van der Waals surface area (Å²) >= 11 is 0. The minimum absolute atomic E-state index is 0.214. The maximum Gasteiger partial charge on any atom is 0.00982 e. The van der Waals surface area contributed by atoms with Crippen molar-refractivity contribution in [2.45, 2.75) is 40.0 Å². The highest BCUT2D eigenvalue weighted by Gasteiger charge is 2.19. The minimum atomic E-state index is 0.214. The van der Waals surface area contributed by atoms with Crippen LogP contribution in [0, 0.1) is 17.8 Å². The van der Waals surface area contributed by atoms with Crippen molar-refractivity contribution in [3.8, 4) is 12.3 Å². The zero-order valence-corrected chi connectivity index (χ0v) is 10.6. The molecule has 0 spiro atoms. The summed E-state index contributed by atoms with van der Waals surface area (Å²) in [4.78, 5) is 2.48. The van der Waals surface area contributed by atoms with E-state index in [0.717, 1.165) is 39.0 Å². The predicted octanol–water partition coefficient (Wildman–Crippen LogP) is 2.10. The Kier molecular flexibility index (Phi) is 7.46. The molecule has 0 saturated heterocycles. The van der Waals surface area contributed by atoms with Gasteiger partial charge in [-0.1, -0.05) is 20.8 Å². The highest BCUT2D eigenvalue weighted by Crippen LogP contribution is 2.15. The molecule has 0 fully saturated rings. The second kappa shape index (κ2) is 7.73. The van der Waals surface area contributed by atoms with E-state index in [0.29, 0.717) is 0 Å². The SMILES string of the molecule is C#CCCCN(CCC)CC(C)(C)CN. The molecule has 0 aromatic rings. The Morgan fingerprint density at radius 2 is 2.00 bits per heavy atom. The predicted molar refractivity (Wildman–Crippen MR) is 67.6 cm³/mol. The molecule has 0 aromatic heterocycles. The summed E-state index contributed by atoms with van der Waals surface area (Å²) in [5, 5.41) is 0. The first-order valence-electron chi connectivity index (χ1n) is 5.91. The van der Waals surface area contributed by atoms with E-state index in [-0.39, 0.29) is 5.41 Å². The number of hydrogen-bond acceptors (Lipinski definition) is 2. The molecule has 0 aliphatic carbocycles. The van der Waals surface area contributed by atoms with Gasteiger partial charge in [0.25, 0.3) is 0 Å². The van der Waals surface area contributed by atoms with E-state index in [1.807, 2.05) is 0 Å². The quantitative estimate of drug-likeness (QED) is 0.491. The van der Waals surface area contributed by atoms with E-state index >= 15 is 0 Å². The lowest BCUT2D eigenvalue weighted by Crippen LogP contribution is -2.39. The first-order chi connectivity index (χ1) is 7.05. The lowest BCUT2D eigenvalue weighted by molar-refractivity contribution is 0.181. The van der Waals surface area contributed by atoms with Crippen molar-refractivity contribution in [1.82, 2.24) is 4.90 Å². The van der Waals surface area contributed by atoms with Gasteiger partial charge in [-0.15, -0.1) is 12.3 Å². The number of hydrogen-bond donors (Lipinski definition) is 1. The maximum atomic E-state index is 5.75. The average molecular weight is 210 g/mol. The number of unbranched alkanes of at least 4 members (excludes halogenated alkanes) is 1. The molecule has 0 aliphatic heterocycles. The van der Waals surface area contributed by atoms with Gasteiger partial charge >= 0.3 is 0 Å². The van der Waals surface area contributed by atoms with Crippen LogP contribution in [-0.2, 0) is 0 Å². The zero-order valence-electron chi connectivity index (χ0n) is 10.6. The molecule has 0 amide bonds. The first kappa shape index (κ1) is 14.5. The van der Waals surface area contributed by atoms with Crippen molar-refractivity contribution in [2.75, 3.05) is 26.2 Å². The minimum Gasteiger partial charge on any atom is -0.330 e. The highest BCUT2D eigenvalue weighted by atomic mass is 15.1. The van der Waals surface area contributed by atoms with Gasteiger partial charge in [-0.25, -0.2) is 0 Å². The van der Waals surface area contributed by atoms with Crippen LogP contribution in [0.1, 0.15) is 40.0 Å². The fourth-order valence-electron chi connectivity index (χ4n) is 1.66. The molecule has 0 radical (unpaired) electrons. The zero-order chi connectivity index (χ0) is 11.7. The molecule has 88 valence electrons. The van der Waals surface area contributed by atoms with E-state index in [4.69, 9.17) is 12.2 Å². The molecule has 0 aromatic carbocycles. The molecule has 0 saturated carbocycles. The topological polar surface area (TPSA) is 29.3 Å². The smallest absolute Gasteiger partial charge is 0.00982 e. The molecule has 2 N–H and O–H groups in total. The largest absolute Gasteiger partial charge is 0.330 e. The van der Waals surface area contributed by atoms with Crippen molar-refractivity contribution in [2.24, 2.45) is 11.1 Å². The Balaban J connectivity index is 3.98. The lowest BCUT2D eigenvalue weighted by atomic mass is 9.93. The van der Waals surface area contributed by atoms with Gasteiger partial charge in [0.1, 0.15) is 0 Å². The first-order valence-corrected chi connectivity index (χ1v) is 5.91. The van der Waals surface area contributed by atoms with E-state index in [1.54, 1.807) is 0 Å². The Morgan fingerprint density at radius 3 is 2.47 bits per heavy atom. The van der Waals surface area contributed by atoms with Crippen LogP contribution < -0.4 is 5.73 Å². The molecule has 2 nitrogen and oxygen atoms in total. The van der Waals surface area contributed by atoms with Crippen molar-refractivity contribution in [3.63, 3.8) is 0 Å². The van der Waals surface area contributed by atoms with Gasteiger partial charge in [0.2, 0.25) is 0 Å². The van der Waals surface area contributed by atoms with E-state index in [1.165, 1.54) is 6.42 Å².